The average molecular weight is 346 g/mol. The molecule has 2 rings (SSSR count). The third kappa shape index (κ3) is 4.20. The van der Waals surface area contributed by atoms with Gasteiger partial charge in [0.15, 0.2) is 5.11 Å². The molecule has 0 aliphatic carbocycles. The van der Waals surface area contributed by atoms with Crippen molar-refractivity contribution >= 4 is 34.9 Å². The van der Waals surface area contributed by atoms with Gasteiger partial charge in [-0.2, -0.15) is 0 Å². The number of hydrogen-bond donors (Lipinski definition) is 4. The Morgan fingerprint density at radius 1 is 1.17 bits per heavy atom. The van der Waals surface area contributed by atoms with Gasteiger partial charge in [-0.3, -0.25) is 10.1 Å². The number of rotatable bonds is 4. The van der Waals surface area contributed by atoms with Gasteiger partial charge < -0.3 is 20.3 Å². The molecule has 0 aromatic heterocycles. The van der Waals surface area contributed by atoms with Crippen molar-refractivity contribution in [2.24, 2.45) is 0 Å². The molecule has 0 heterocycles. The normalized spacial score (nSPS) is 9.88. The number of amides is 1. The van der Waals surface area contributed by atoms with Crippen LogP contribution in [0.4, 0.5) is 5.69 Å². The molecule has 0 saturated carbocycles. The summed E-state index contributed by atoms with van der Waals surface area (Å²) in [6.07, 6.45) is 0. The molecule has 7 nitrogen and oxygen atoms in total. The molecule has 0 radical (unpaired) electrons. The first-order valence-electron chi connectivity index (χ1n) is 6.73. The van der Waals surface area contributed by atoms with Gasteiger partial charge in [-0.15, -0.1) is 0 Å². The number of aromatic hydroxyl groups is 1. The second kappa shape index (κ2) is 7.42. The van der Waals surface area contributed by atoms with Crippen LogP contribution in [-0.4, -0.2) is 34.3 Å². The molecule has 124 valence electrons. The SMILES string of the molecule is COc1cccc(C(=O)NC(=S)Nc2ccc(C(=O)O)c(O)c2)c1. The lowest BCUT2D eigenvalue weighted by molar-refractivity contribution is 0.0693. The average Bonchev–Trinajstić information content (AvgIpc) is 2.54. The van der Waals surface area contributed by atoms with Gasteiger partial charge in [0, 0.05) is 17.3 Å². The second-order valence-corrected chi connectivity index (χ2v) is 5.09. The van der Waals surface area contributed by atoms with Crippen molar-refractivity contribution < 1.29 is 24.5 Å². The molecular weight excluding hydrogens is 332 g/mol. The third-order valence-electron chi connectivity index (χ3n) is 3.04. The van der Waals surface area contributed by atoms with E-state index in [4.69, 9.17) is 22.1 Å². The monoisotopic (exact) mass is 346 g/mol. The molecule has 0 saturated heterocycles. The van der Waals surface area contributed by atoms with Crippen LogP contribution in [-0.2, 0) is 0 Å². The highest BCUT2D eigenvalue weighted by atomic mass is 32.1. The zero-order valence-electron chi connectivity index (χ0n) is 12.6. The van der Waals surface area contributed by atoms with Crippen LogP contribution in [0.5, 0.6) is 11.5 Å². The van der Waals surface area contributed by atoms with Gasteiger partial charge in [-0.05, 0) is 42.5 Å². The quantitative estimate of drug-likeness (QED) is 0.629. The molecule has 0 aliphatic rings. The lowest BCUT2D eigenvalue weighted by atomic mass is 10.2. The second-order valence-electron chi connectivity index (χ2n) is 4.68. The lowest BCUT2D eigenvalue weighted by Crippen LogP contribution is -2.34. The minimum absolute atomic E-state index is 0.00490. The van der Waals surface area contributed by atoms with Gasteiger partial charge in [0.1, 0.15) is 17.1 Å². The summed E-state index contributed by atoms with van der Waals surface area (Å²) in [5, 5.41) is 23.7. The summed E-state index contributed by atoms with van der Waals surface area (Å²) in [4.78, 5) is 22.9. The summed E-state index contributed by atoms with van der Waals surface area (Å²) in [7, 11) is 1.50. The summed E-state index contributed by atoms with van der Waals surface area (Å²) in [5.41, 5.74) is 0.475. The van der Waals surface area contributed by atoms with Crippen LogP contribution in [0.25, 0.3) is 0 Å². The molecule has 8 heteroatoms. The number of aromatic carboxylic acids is 1. The number of carbonyl (C=O) groups is 2. The first-order valence-corrected chi connectivity index (χ1v) is 7.14. The molecule has 0 spiro atoms. The van der Waals surface area contributed by atoms with E-state index < -0.39 is 17.6 Å². The number of ether oxygens (including phenoxy) is 1. The van der Waals surface area contributed by atoms with Gasteiger partial charge in [-0.25, -0.2) is 4.79 Å². The summed E-state index contributed by atoms with van der Waals surface area (Å²) in [6.45, 7) is 0. The molecule has 4 N–H and O–H groups in total. The zero-order valence-corrected chi connectivity index (χ0v) is 13.4. The fourth-order valence-corrected chi connectivity index (χ4v) is 2.10. The predicted octanol–water partition coefficient (Wildman–Crippen LogP) is 2.23. The Morgan fingerprint density at radius 3 is 2.54 bits per heavy atom. The highest BCUT2D eigenvalue weighted by Gasteiger charge is 2.12. The smallest absolute Gasteiger partial charge is 0.339 e. The fourth-order valence-electron chi connectivity index (χ4n) is 1.89. The van der Waals surface area contributed by atoms with Crippen LogP contribution in [0.3, 0.4) is 0 Å². The van der Waals surface area contributed by atoms with Crippen LogP contribution in [0, 0.1) is 0 Å². The van der Waals surface area contributed by atoms with Crippen LogP contribution in [0.15, 0.2) is 42.5 Å². The summed E-state index contributed by atoms with van der Waals surface area (Å²) >= 11 is 5.03. The minimum atomic E-state index is -1.24. The van der Waals surface area contributed by atoms with Gasteiger partial charge >= 0.3 is 5.97 Å². The number of carbonyl (C=O) groups excluding carboxylic acids is 1. The maximum atomic E-state index is 12.1. The Labute approximate surface area is 142 Å². The summed E-state index contributed by atoms with van der Waals surface area (Å²) in [5.74, 6) is -1.55. The largest absolute Gasteiger partial charge is 0.507 e. The number of anilines is 1. The lowest BCUT2D eigenvalue weighted by Gasteiger charge is -2.11. The number of carboxylic acid groups (broad SMARTS) is 1. The number of methoxy groups -OCH3 is 1. The van der Waals surface area contributed by atoms with Crippen molar-refractivity contribution in [3.63, 3.8) is 0 Å². The zero-order chi connectivity index (χ0) is 17.7. The topological polar surface area (TPSA) is 108 Å². The first-order chi connectivity index (χ1) is 11.4. The van der Waals surface area contributed by atoms with E-state index >= 15 is 0 Å². The summed E-state index contributed by atoms with van der Waals surface area (Å²) < 4.78 is 5.05. The van der Waals surface area contributed by atoms with Crippen LogP contribution >= 0.6 is 12.2 Å². The van der Waals surface area contributed by atoms with Crippen molar-refractivity contribution in [3.8, 4) is 11.5 Å². The molecular formula is C16H14N2O5S. The van der Waals surface area contributed by atoms with Crippen molar-refractivity contribution in [2.45, 2.75) is 0 Å². The maximum absolute atomic E-state index is 12.1. The van der Waals surface area contributed by atoms with Gasteiger partial charge in [0.2, 0.25) is 0 Å². The Balaban J connectivity index is 2.03. The van der Waals surface area contributed by atoms with Crippen LogP contribution in [0.2, 0.25) is 0 Å². The first kappa shape index (κ1) is 17.2. The number of carboxylic acids is 1. The van der Waals surface area contributed by atoms with Gasteiger partial charge in [0.25, 0.3) is 5.91 Å². The van der Waals surface area contributed by atoms with Gasteiger partial charge in [0.05, 0.1) is 7.11 Å². The van der Waals surface area contributed by atoms with E-state index in [1.807, 2.05) is 0 Å². The molecule has 2 aromatic rings. The molecule has 0 atom stereocenters. The van der Waals surface area contributed by atoms with E-state index in [9.17, 15) is 14.7 Å². The molecule has 0 unspecified atom stereocenters. The predicted molar refractivity (Wildman–Crippen MR) is 91.7 cm³/mol. The highest BCUT2D eigenvalue weighted by Crippen LogP contribution is 2.22. The van der Waals surface area contributed by atoms with Crippen LogP contribution in [0.1, 0.15) is 20.7 Å². The van der Waals surface area contributed by atoms with Crippen molar-refractivity contribution in [1.29, 1.82) is 0 Å². The van der Waals surface area contributed by atoms with E-state index in [1.165, 1.54) is 25.3 Å². The number of phenols is 1. The third-order valence-corrected chi connectivity index (χ3v) is 3.25. The van der Waals surface area contributed by atoms with E-state index in [-0.39, 0.29) is 10.7 Å². The molecule has 1 amide bonds. The Morgan fingerprint density at radius 2 is 1.92 bits per heavy atom. The molecule has 0 aliphatic heterocycles. The maximum Gasteiger partial charge on any atom is 0.339 e. The van der Waals surface area contributed by atoms with Crippen molar-refractivity contribution in [3.05, 3.63) is 53.6 Å². The number of nitrogens with one attached hydrogen (secondary N) is 2. The Hall–Kier alpha value is -3.13. The van der Waals surface area contributed by atoms with Crippen molar-refractivity contribution in [2.75, 3.05) is 12.4 Å². The van der Waals surface area contributed by atoms with Crippen molar-refractivity contribution in [1.82, 2.24) is 5.32 Å². The molecule has 2 aromatic carbocycles. The van der Waals surface area contributed by atoms with Gasteiger partial charge in [-0.1, -0.05) is 6.07 Å². The molecule has 0 bridgehead atoms. The Kier molecular flexibility index (Phi) is 5.33. The number of benzene rings is 2. The highest BCUT2D eigenvalue weighted by molar-refractivity contribution is 7.80. The minimum Gasteiger partial charge on any atom is -0.507 e. The number of thiocarbonyl (C=S) groups is 1. The Bertz CT molecular complexity index is 807. The molecule has 0 fully saturated rings. The standard InChI is InChI=1S/C16H14N2O5S/c1-23-11-4-2-3-9(7-11)14(20)18-16(24)17-10-5-6-12(15(21)22)13(19)8-10/h2-8,19H,1H3,(H,21,22)(H2,17,18,20,24). The van der Waals surface area contributed by atoms with E-state index in [2.05, 4.69) is 10.6 Å². The van der Waals surface area contributed by atoms with E-state index in [1.54, 1.807) is 24.3 Å². The summed E-state index contributed by atoms with van der Waals surface area (Å²) in [6, 6.07) is 10.4. The van der Waals surface area contributed by atoms with Crippen LogP contribution < -0.4 is 15.4 Å². The van der Waals surface area contributed by atoms with E-state index in [0.717, 1.165) is 0 Å². The van der Waals surface area contributed by atoms with E-state index in [0.29, 0.717) is 17.0 Å². The molecule has 24 heavy (non-hydrogen) atoms. The number of hydrogen-bond acceptors (Lipinski definition) is 5. The fraction of sp³-hybridized carbons (Fsp3) is 0.0625.